The molecule has 1 saturated carbocycles. The van der Waals surface area contributed by atoms with E-state index in [1.807, 2.05) is 7.05 Å². The average Bonchev–Trinajstić information content (AvgIpc) is 2.28. The predicted octanol–water partition coefficient (Wildman–Crippen LogP) is 2.55. The van der Waals surface area contributed by atoms with E-state index in [2.05, 4.69) is 10.6 Å². The van der Waals surface area contributed by atoms with Gasteiger partial charge in [-0.1, -0.05) is 0 Å². The summed E-state index contributed by atoms with van der Waals surface area (Å²) in [5.74, 6) is -0.619. The number of rotatable bonds is 6. The van der Waals surface area contributed by atoms with Crippen LogP contribution in [0.25, 0.3) is 0 Å². The van der Waals surface area contributed by atoms with Crippen molar-refractivity contribution in [2.45, 2.75) is 38.3 Å². The number of alkyl halides is 3. The Kier molecular flexibility index (Phi) is 6.27. The molecule has 0 aromatic heterocycles. The Bertz CT molecular complexity index is 198. The first-order chi connectivity index (χ1) is 8.04. The number of hydrogen-bond donors (Lipinski definition) is 2. The van der Waals surface area contributed by atoms with Crippen LogP contribution in [0.2, 0.25) is 0 Å². The molecule has 0 bridgehead atoms. The highest BCUT2D eigenvalue weighted by Crippen LogP contribution is 2.39. The topological polar surface area (TPSA) is 24.1 Å². The highest BCUT2D eigenvalue weighted by Gasteiger charge is 2.41. The Hall–Kier alpha value is -0.290. The van der Waals surface area contributed by atoms with E-state index in [4.69, 9.17) is 0 Å². The van der Waals surface area contributed by atoms with Gasteiger partial charge in [-0.3, -0.25) is 0 Å². The monoisotopic (exact) mass is 252 g/mol. The van der Waals surface area contributed by atoms with E-state index >= 15 is 0 Å². The van der Waals surface area contributed by atoms with Crippen molar-refractivity contribution >= 4 is 0 Å². The van der Waals surface area contributed by atoms with Gasteiger partial charge in [0.1, 0.15) is 0 Å². The highest BCUT2D eigenvalue weighted by molar-refractivity contribution is 4.78. The minimum absolute atomic E-state index is 0.312. The summed E-state index contributed by atoms with van der Waals surface area (Å²) in [4.78, 5) is 0. The van der Waals surface area contributed by atoms with Gasteiger partial charge in [-0.15, -0.1) is 0 Å². The fourth-order valence-corrected chi connectivity index (χ4v) is 2.39. The van der Waals surface area contributed by atoms with Crippen LogP contribution in [0.1, 0.15) is 32.1 Å². The summed E-state index contributed by atoms with van der Waals surface area (Å²) in [5.41, 5.74) is 0. The zero-order valence-corrected chi connectivity index (χ0v) is 10.4. The second kappa shape index (κ2) is 7.21. The molecule has 17 heavy (non-hydrogen) atoms. The van der Waals surface area contributed by atoms with E-state index < -0.39 is 12.1 Å². The zero-order chi connectivity index (χ0) is 12.7. The molecule has 102 valence electrons. The molecule has 1 rings (SSSR count). The lowest BCUT2D eigenvalue weighted by Crippen LogP contribution is -2.32. The van der Waals surface area contributed by atoms with Gasteiger partial charge in [0.25, 0.3) is 0 Å². The Morgan fingerprint density at radius 3 is 2.24 bits per heavy atom. The first-order valence-electron chi connectivity index (χ1n) is 6.46. The maximum Gasteiger partial charge on any atom is 0.391 e. The number of hydrogen-bond acceptors (Lipinski definition) is 2. The van der Waals surface area contributed by atoms with Gasteiger partial charge in [0.15, 0.2) is 0 Å². The van der Waals surface area contributed by atoms with Crippen LogP contribution in [-0.2, 0) is 0 Å². The molecule has 1 fully saturated rings. The first kappa shape index (κ1) is 14.8. The van der Waals surface area contributed by atoms with Gasteiger partial charge >= 0.3 is 6.18 Å². The second-order valence-electron chi connectivity index (χ2n) is 4.92. The van der Waals surface area contributed by atoms with E-state index in [9.17, 15) is 13.2 Å². The molecule has 1 aliphatic rings. The van der Waals surface area contributed by atoms with Crippen molar-refractivity contribution in [2.75, 3.05) is 26.7 Å². The summed E-state index contributed by atoms with van der Waals surface area (Å²) < 4.78 is 37.3. The number of nitrogens with one attached hydrogen (secondary N) is 2. The second-order valence-corrected chi connectivity index (χ2v) is 4.92. The average molecular weight is 252 g/mol. The quantitative estimate of drug-likeness (QED) is 0.710. The number of halogens is 3. The molecule has 0 saturated heterocycles. The predicted molar refractivity (Wildman–Crippen MR) is 62.9 cm³/mol. The molecule has 0 unspecified atom stereocenters. The van der Waals surface area contributed by atoms with Crippen molar-refractivity contribution in [2.24, 2.45) is 11.8 Å². The lowest BCUT2D eigenvalue weighted by molar-refractivity contribution is -0.183. The molecule has 5 heteroatoms. The largest absolute Gasteiger partial charge is 0.391 e. The molecule has 0 radical (unpaired) electrons. The molecule has 0 heterocycles. The molecule has 2 N–H and O–H groups in total. The van der Waals surface area contributed by atoms with Crippen LogP contribution in [0.3, 0.4) is 0 Å². The fraction of sp³-hybridized carbons (Fsp3) is 1.00. The van der Waals surface area contributed by atoms with Crippen LogP contribution >= 0.6 is 0 Å². The van der Waals surface area contributed by atoms with Crippen molar-refractivity contribution in [3.63, 3.8) is 0 Å². The van der Waals surface area contributed by atoms with Gasteiger partial charge in [0.2, 0.25) is 0 Å². The van der Waals surface area contributed by atoms with Gasteiger partial charge in [0.05, 0.1) is 5.92 Å². The van der Waals surface area contributed by atoms with Crippen LogP contribution in [-0.4, -0.2) is 32.9 Å². The highest BCUT2D eigenvalue weighted by atomic mass is 19.4. The summed E-state index contributed by atoms with van der Waals surface area (Å²) in [5, 5.41) is 6.39. The molecule has 0 atom stereocenters. The smallest absolute Gasteiger partial charge is 0.320 e. The lowest BCUT2D eigenvalue weighted by Gasteiger charge is -2.29. The van der Waals surface area contributed by atoms with Crippen LogP contribution in [0.15, 0.2) is 0 Å². The molecule has 0 aromatic rings. The third-order valence-corrected chi connectivity index (χ3v) is 3.52. The molecule has 0 spiro atoms. The zero-order valence-electron chi connectivity index (χ0n) is 10.4. The SMILES string of the molecule is CNCCCNCC1CCC(C(F)(F)F)CC1. The molecular weight excluding hydrogens is 229 g/mol. The Balaban J connectivity index is 2.07. The molecule has 1 aliphatic carbocycles. The van der Waals surface area contributed by atoms with Crippen LogP contribution in [0.5, 0.6) is 0 Å². The van der Waals surface area contributed by atoms with Crippen LogP contribution in [0, 0.1) is 11.8 Å². The lowest BCUT2D eigenvalue weighted by atomic mass is 9.81. The van der Waals surface area contributed by atoms with Crippen molar-refractivity contribution in [3.8, 4) is 0 Å². The Labute approximate surface area is 101 Å². The molecule has 2 nitrogen and oxygen atoms in total. The van der Waals surface area contributed by atoms with Crippen molar-refractivity contribution in [1.29, 1.82) is 0 Å². The van der Waals surface area contributed by atoms with Crippen molar-refractivity contribution < 1.29 is 13.2 Å². The molecule has 0 amide bonds. The van der Waals surface area contributed by atoms with E-state index in [-0.39, 0.29) is 0 Å². The van der Waals surface area contributed by atoms with Gasteiger partial charge in [-0.25, -0.2) is 0 Å². The van der Waals surface area contributed by atoms with E-state index in [1.54, 1.807) is 0 Å². The van der Waals surface area contributed by atoms with Crippen LogP contribution in [0.4, 0.5) is 13.2 Å². The van der Waals surface area contributed by atoms with Gasteiger partial charge in [0, 0.05) is 0 Å². The minimum Gasteiger partial charge on any atom is -0.320 e. The van der Waals surface area contributed by atoms with Gasteiger partial charge in [-0.05, 0) is 64.7 Å². The van der Waals surface area contributed by atoms with Gasteiger partial charge in [-0.2, -0.15) is 13.2 Å². The van der Waals surface area contributed by atoms with Gasteiger partial charge < -0.3 is 10.6 Å². The van der Waals surface area contributed by atoms with E-state index in [0.29, 0.717) is 31.6 Å². The Morgan fingerprint density at radius 2 is 1.71 bits per heavy atom. The molecule has 0 aromatic carbocycles. The fourth-order valence-electron chi connectivity index (χ4n) is 2.39. The maximum absolute atomic E-state index is 12.4. The molecule has 0 aliphatic heterocycles. The normalized spacial score (nSPS) is 26.1. The van der Waals surface area contributed by atoms with Crippen LogP contribution < -0.4 is 10.6 Å². The minimum atomic E-state index is -3.98. The maximum atomic E-state index is 12.4. The summed E-state index contributed by atoms with van der Waals surface area (Å²) in [6.45, 7) is 2.79. The summed E-state index contributed by atoms with van der Waals surface area (Å²) in [7, 11) is 1.92. The van der Waals surface area contributed by atoms with E-state index in [1.165, 1.54) is 0 Å². The molecular formula is C12H23F3N2. The standard InChI is InChI=1S/C12H23F3N2/c1-16-7-2-8-17-9-10-3-5-11(6-4-10)12(13,14)15/h10-11,16-17H,2-9H2,1H3. The summed E-state index contributed by atoms with van der Waals surface area (Å²) >= 11 is 0. The van der Waals surface area contributed by atoms with Crippen molar-refractivity contribution in [3.05, 3.63) is 0 Å². The Morgan fingerprint density at radius 1 is 1.06 bits per heavy atom. The third-order valence-electron chi connectivity index (χ3n) is 3.52. The first-order valence-corrected chi connectivity index (χ1v) is 6.46. The summed E-state index contributed by atoms with van der Waals surface area (Å²) in [6, 6.07) is 0. The van der Waals surface area contributed by atoms with E-state index in [0.717, 1.165) is 26.1 Å². The third kappa shape index (κ3) is 5.73. The van der Waals surface area contributed by atoms with Crippen molar-refractivity contribution in [1.82, 2.24) is 10.6 Å². The summed E-state index contributed by atoms with van der Waals surface area (Å²) in [6.07, 6.45) is -0.870.